The molecule has 0 aliphatic heterocycles. The molecule has 0 aromatic heterocycles. The fraction of sp³-hybridized carbons (Fsp3) is 0.462. The third-order valence-corrected chi connectivity index (χ3v) is 2.47. The van der Waals surface area contributed by atoms with Crippen LogP contribution >= 0.6 is 0 Å². The number of benzene rings is 1. The van der Waals surface area contributed by atoms with Gasteiger partial charge in [0.25, 0.3) is 0 Å². The summed E-state index contributed by atoms with van der Waals surface area (Å²) in [6, 6.07) is 7.50. The Kier molecular flexibility index (Phi) is 5.49. The van der Waals surface area contributed by atoms with Gasteiger partial charge in [0.05, 0.1) is 11.8 Å². The van der Waals surface area contributed by atoms with Crippen LogP contribution in [0.3, 0.4) is 0 Å². The lowest BCUT2D eigenvalue weighted by atomic mass is 10.1. The van der Waals surface area contributed by atoms with Gasteiger partial charge in [0.2, 0.25) is 0 Å². The Labute approximate surface area is 102 Å². The summed E-state index contributed by atoms with van der Waals surface area (Å²) in [4.78, 5) is 0. The molecule has 0 radical (unpaired) electrons. The smallest absolute Gasteiger partial charge is 0.120 e. The molecule has 4 heteroatoms. The lowest BCUT2D eigenvalue weighted by Crippen LogP contribution is -2.14. The van der Waals surface area contributed by atoms with Crippen LogP contribution in [0.5, 0.6) is 5.75 Å². The Morgan fingerprint density at radius 3 is 2.88 bits per heavy atom. The fourth-order valence-electron chi connectivity index (χ4n) is 1.43. The van der Waals surface area contributed by atoms with Crippen LogP contribution in [0, 0.1) is 0 Å². The van der Waals surface area contributed by atoms with Gasteiger partial charge < -0.3 is 14.7 Å². The minimum atomic E-state index is 0.0940. The van der Waals surface area contributed by atoms with Crippen molar-refractivity contribution in [2.24, 2.45) is 5.16 Å². The molecule has 1 aromatic rings. The minimum Gasteiger partial charge on any atom is -0.491 e. The van der Waals surface area contributed by atoms with E-state index in [1.807, 2.05) is 31.2 Å². The molecule has 1 atom stereocenters. The Balaban J connectivity index is 2.65. The number of rotatable bonds is 6. The summed E-state index contributed by atoms with van der Waals surface area (Å²) in [6.45, 7) is 4.42. The van der Waals surface area contributed by atoms with Crippen LogP contribution in [-0.4, -0.2) is 30.7 Å². The van der Waals surface area contributed by atoms with Crippen LogP contribution in [0.25, 0.3) is 0 Å². The molecular formula is C13H19NO3. The number of hydrogen-bond acceptors (Lipinski definition) is 4. The molecule has 1 unspecified atom stereocenters. The summed E-state index contributed by atoms with van der Waals surface area (Å²) in [6.07, 6.45) is 0.935. The molecule has 0 saturated carbocycles. The van der Waals surface area contributed by atoms with Gasteiger partial charge in [0.15, 0.2) is 0 Å². The highest BCUT2D eigenvalue weighted by molar-refractivity contribution is 5.98. The quantitative estimate of drug-likeness (QED) is 0.470. The largest absolute Gasteiger partial charge is 0.491 e. The van der Waals surface area contributed by atoms with Crippen molar-refractivity contribution < 1.29 is 14.7 Å². The summed E-state index contributed by atoms with van der Waals surface area (Å²) in [7, 11) is 1.68. The zero-order valence-corrected chi connectivity index (χ0v) is 10.5. The molecule has 0 aliphatic carbocycles. The molecule has 0 spiro atoms. The van der Waals surface area contributed by atoms with Crippen molar-refractivity contribution in [3.05, 3.63) is 29.8 Å². The molecule has 94 valence electrons. The first kappa shape index (κ1) is 13.5. The van der Waals surface area contributed by atoms with Gasteiger partial charge in [-0.2, -0.15) is 0 Å². The van der Waals surface area contributed by atoms with E-state index >= 15 is 0 Å². The maximum Gasteiger partial charge on any atom is 0.120 e. The van der Waals surface area contributed by atoms with Crippen molar-refractivity contribution >= 4 is 5.71 Å². The number of methoxy groups -OCH3 is 1. The molecule has 4 nitrogen and oxygen atoms in total. The van der Waals surface area contributed by atoms with Crippen molar-refractivity contribution in [1.29, 1.82) is 0 Å². The maximum atomic E-state index is 8.71. The summed E-state index contributed by atoms with van der Waals surface area (Å²) < 4.78 is 10.7. The van der Waals surface area contributed by atoms with E-state index in [2.05, 4.69) is 5.16 Å². The molecule has 0 fully saturated rings. The monoisotopic (exact) mass is 237 g/mol. The normalized spacial score (nSPS) is 13.5. The van der Waals surface area contributed by atoms with Gasteiger partial charge in [0.1, 0.15) is 5.75 Å². The molecule has 1 aromatic carbocycles. The predicted molar refractivity (Wildman–Crippen MR) is 67.0 cm³/mol. The van der Waals surface area contributed by atoms with E-state index in [9.17, 15) is 0 Å². The van der Waals surface area contributed by atoms with Gasteiger partial charge >= 0.3 is 0 Å². The van der Waals surface area contributed by atoms with Crippen molar-refractivity contribution in [2.45, 2.75) is 26.4 Å². The minimum absolute atomic E-state index is 0.0940. The van der Waals surface area contributed by atoms with Gasteiger partial charge in [-0.25, -0.2) is 0 Å². The van der Waals surface area contributed by atoms with E-state index in [4.69, 9.17) is 14.7 Å². The van der Waals surface area contributed by atoms with Crippen molar-refractivity contribution in [3.8, 4) is 5.75 Å². The topological polar surface area (TPSA) is 51.0 Å². The molecule has 0 amide bonds. The van der Waals surface area contributed by atoms with Gasteiger partial charge in [-0.1, -0.05) is 17.3 Å². The molecule has 1 N–H and O–H groups in total. The van der Waals surface area contributed by atoms with Crippen molar-refractivity contribution in [3.63, 3.8) is 0 Å². The molecule has 0 bridgehead atoms. The molecule has 17 heavy (non-hydrogen) atoms. The highest BCUT2D eigenvalue weighted by Crippen LogP contribution is 2.16. The first-order chi connectivity index (χ1) is 8.17. The lowest BCUT2D eigenvalue weighted by molar-refractivity contribution is 0.135. The van der Waals surface area contributed by atoms with Crippen LogP contribution in [-0.2, 0) is 4.74 Å². The molecule has 0 saturated heterocycles. The lowest BCUT2D eigenvalue weighted by Gasteiger charge is -2.14. The van der Waals surface area contributed by atoms with Crippen molar-refractivity contribution in [1.82, 2.24) is 0 Å². The van der Waals surface area contributed by atoms with Gasteiger partial charge in [0, 0.05) is 25.7 Å². The zero-order chi connectivity index (χ0) is 12.7. The Morgan fingerprint density at radius 2 is 2.24 bits per heavy atom. The molecule has 0 aliphatic rings. The van der Waals surface area contributed by atoms with E-state index in [0.717, 1.165) is 17.7 Å². The third-order valence-electron chi connectivity index (χ3n) is 2.47. The first-order valence-corrected chi connectivity index (χ1v) is 5.62. The number of ether oxygens (including phenoxy) is 2. The van der Waals surface area contributed by atoms with Gasteiger partial charge in [-0.3, -0.25) is 0 Å². The molecular weight excluding hydrogens is 218 g/mol. The van der Waals surface area contributed by atoms with E-state index in [1.54, 1.807) is 14.0 Å². The predicted octanol–water partition coefficient (Wildman–Crippen LogP) is 2.69. The van der Waals surface area contributed by atoms with Gasteiger partial charge in [-0.05, 0) is 26.0 Å². The number of nitrogens with zero attached hydrogens (tertiary/aromatic N) is 1. The SMILES string of the molecule is COCCC(C)Oc1cccc(/C(C)=N/O)c1. The number of hydrogen-bond donors (Lipinski definition) is 1. The standard InChI is InChI=1S/C13H19NO3/c1-10(7-8-16-3)17-13-6-4-5-12(9-13)11(2)14-15/h4-6,9-10,15H,7-8H2,1-3H3/b14-11+. The second-order valence-corrected chi connectivity index (χ2v) is 3.92. The summed E-state index contributed by atoms with van der Waals surface area (Å²) >= 11 is 0. The second-order valence-electron chi connectivity index (χ2n) is 3.92. The van der Waals surface area contributed by atoms with Crippen LogP contribution in [0.1, 0.15) is 25.8 Å². The van der Waals surface area contributed by atoms with Crippen LogP contribution in [0.15, 0.2) is 29.4 Å². The average Bonchev–Trinajstić information content (AvgIpc) is 2.35. The summed E-state index contributed by atoms with van der Waals surface area (Å²) in [5, 5.41) is 11.9. The Morgan fingerprint density at radius 1 is 1.47 bits per heavy atom. The van der Waals surface area contributed by atoms with E-state index in [0.29, 0.717) is 12.3 Å². The average molecular weight is 237 g/mol. The third kappa shape index (κ3) is 4.44. The fourth-order valence-corrected chi connectivity index (χ4v) is 1.43. The first-order valence-electron chi connectivity index (χ1n) is 5.62. The van der Waals surface area contributed by atoms with Crippen LogP contribution < -0.4 is 4.74 Å². The number of oxime groups is 1. The second kappa shape index (κ2) is 6.91. The highest BCUT2D eigenvalue weighted by atomic mass is 16.5. The Bertz CT molecular complexity index is 377. The van der Waals surface area contributed by atoms with Crippen molar-refractivity contribution in [2.75, 3.05) is 13.7 Å². The van der Waals surface area contributed by atoms with E-state index < -0.39 is 0 Å². The van der Waals surface area contributed by atoms with E-state index in [-0.39, 0.29) is 6.10 Å². The van der Waals surface area contributed by atoms with E-state index in [1.165, 1.54) is 0 Å². The van der Waals surface area contributed by atoms with Gasteiger partial charge in [-0.15, -0.1) is 0 Å². The Hall–Kier alpha value is -1.55. The summed E-state index contributed by atoms with van der Waals surface area (Å²) in [5.74, 6) is 0.772. The summed E-state index contributed by atoms with van der Waals surface area (Å²) in [5.41, 5.74) is 1.42. The van der Waals surface area contributed by atoms with Crippen LogP contribution in [0.2, 0.25) is 0 Å². The molecule has 0 heterocycles. The zero-order valence-electron chi connectivity index (χ0n) is 10.5. The maximum absolute atomic E-state index is 8.71. The molecule has 1 rings (SSSR count). The van der Waals surface area contributed by atoms with Crippen LogP contribution in [0.4, 0.5) is 0 Å². The highest BCUT2D eigenvalue weighted by Gasteiger charge is 2.05.